The van der Waals surface area contributed by atoms with Crippen LogP contribution in [0, 0.1) is 6.92 Å². The molecule has 1 rings (SSSR count). The molecule has 0 fully saturated rings. The van der Waals surface area contributed by atoms with E-state index >= 15 is 0 Å². The zero-order valence-electron chi connectivity index (χ0n) is 7.47. The molecule has 0 radical (unpaired) electrons. The number of aryl methyl sites for hydroxylation is 1. The van der Waals surface area contributed by atoms with E-state index < -0.39 is 12.4 Å². The zero-order valence-corrected chi connectivity index (χ0v) is 7.47. The summed E-state index contributed by atoms with van der Waals surface area (Å²) in [7, 11) is 0. The predicted octanol–water partition coefficient (Wildman–Crippen LogP) is 0.340. The van der Waals surface area contributed by atoms with Gasteiger partial charge in [-0.25, -0.2) is 4.79 Å². The molecule has 5 nitrogen and oxygen atoms in total. The molecule has 0 aliphatic rings. The summed E-state index contributed by atoms with van der Waals surface area (Å²) in [6, 6.07) is 4.09. The Kier molecular flexibility index (Phi) is 3.06. The number of hydrogen-bond acceptors (Lipinski definition) is 4. The molecule has 5 heteroatoms. The molecule has 14 heavy (non-hydrogen) atoms. The van der Waals surface area contributed by atoms with Crippen LogP contribution in [0.25, 0.3) is 0 Å². The zero-order chi connectivity index (χ0) is 10.7. The monoisotopic (exact) mass is 198 g/mol. The molecule has 0 atom stereocenters. The standard InChI is InChI=1S/C9H10O5/c1-5-4-6(8(10)11)2-3-7(5)14-9(12)13/h2-4,9,12-13H,1H3,(H,10,11). The first kappa shape index (κ1) is 10.5. The minimum atomic E-state index is -1.90. The lowest BCUT2D eigenvalue weighted by Gasteiger charge is -2.10. The second-order valence-electron chi connectivity index (χ2n) is 2.73. The van der Waals surface area contributed by atoms with Gasteiger partial charge in [-0.05, 0) is 30.7 Å². The molecule has 1 aromatic carbocycles. The summed E-state index contributed by atoms with van der Waals surface area (Å²) >= 11 is 0. The van der Waals surface area contributed by atoms with Crippen LogP contribution in [0.15, 0.2) is 18.2 Å². The molecule has 0 saturated carbocycles. The number of carboxylic acid groups (broad SMARTS) is 1. The summed E-state index contributed by atoms with van der Waals surface area (Å²) < 4.78 is 4.60. The molecule has 0 spiro atoms. The second-order valence-corrected chi connectivity index (χ2v) is 2.73. The van der Waals surface area contributed by atoms with Crippen LogP contribution in [0.3, 0.4) is 0 Å². The first-order valence-electron chi connectivity index (χ1n) is 3.87. The van der Waals surface area contributed by atoms with Gasteiger partial charge in [-0.3, -0.25) is 0 Å². The van der Waals surface area contributed by atoms with E-state index in [0.29, 0.717) is 5.56 Å². The van der Waals surface area contributed by atoms with Gasteiger partial charge in [0.25, 0.3) is 0 Å². The topological polar surface area (TPSA) is 87.0 Å². The highest BCUT2D eigenvalue weighted by atomic mass is 16.7. The molecule has 0 aromatic heterocycles. The Hall–Kier alpha value is -1.59. The summed E-state index contributed by atoms with van der Waals surface area (Å²) in [5, 5.41) is 25.7. The summed E-state index contributed by atoms with van der Waals surface area (Å²) in [6.07, 6.45) is 0. The van der Waals surface area contributed by atoms with Crippen LogP contribution in [-0.4, -0.2) is 27.8 Å². The van der Waals surface area contributed by atoms with Crippen LogP contribution >= 0.6 is 0 Å². The van der Waals surface area contributed by atoms with Gasteiger partial charge in [-0.2, -0.15) is 0 Å². The Bertz CT molecular complexity index is 345. The molecule has 0 saturated heterocycles. The van der Waals surface area contributed by atoms with Crippen molar-refractivity contribution in [3.05, 3.63) is 29.3 Å². The van der Waals surface area contributed by atoms with Crippen molar-refractivity contribution in [3.63, 3.8) is 0 Å². The lowest BCUT2D eigenvalue weighted by Crippen LogP contribution is -2.14. The smallest absolute Gasteiger partial charge is 0.335 e. The quantitative estimate of drug-likeness (QED) is 0.609. The highest BCUT2D eigenvalue weighted by molar-refractivity contribution is 5.88. The predicted molar refractivity (Wildman–Crippen MR) is 47.0 cm³/mol. The Morgan fingerprint density at radius 3 is 2.50 bits per heavy atom. The van der Waals surface area contributed by atoms with Crippen LogP contribution in [0.1, 0.15) is 15.9 Å². The first-order valence-corrected chi connectivity index (χ1v) is 3.87. The van der Waals surface area contributed by atoms with Crippen molar-refractivity contribution >= 4 is 5.97 Å². The highest BCUT2D eigenvalue weighted by Crippen LogP contribution is 2.19. The summed E-state index contributed by atoms with van der Waals surface area (Å²) in [4.78, 5) is 10.5. The number of ether oxygens (including phenoxy) is 1. The number of hydrogen-bond donors (Lipinski definition) is 3. The third-order valence-electron chi connectivity index (χ3n) is 1.65. The lowest BCUT2D eigenvalue weighted by molar-refractivity contribution is -0.179. The van der Waals surface area contributed by atoms with Gasteiger partial charge in [-0.15, -0.1) is 0 Å². The van der Waals surface area contributed by atoms with Crippen molar-refractivity contribution in [2.24, 2.45) is 0 Å². The maximum Gasteiger partial charge on any atom is 0.335 e. The molecular weight excluding hydrogens is 188 g/mol. The van der Waals surface area contributed by atoms with E-state index in [1.165, 1.54) is 18.2 Å². The van der Waals surface area contributed by atoms with Gasteiger partial charge in [0.1, 0.15) is 5.75 Å². The van der Waals surface area contributed by atoms with Crippen LogP contribution in [-0.2, 0) is 0 Å². The van der Waals surface area contributed by atoms with E-state index in [4.69, 9.17) is 15.3 Å². The molecule has 3 N–H and O–H groups in total. The van der Waals surface area contributed by atoms with Gasteiger partial charge in [0.15, 0.2) is 0 Å². The maximum atomic E-state index is 10.5. The lowest BCUT2D eigenvalue weighted by atomic mass is 10.1. The van der Waals surface area contributed by atoms with E-state index in [2.05, 4.69) is 4.74 Å². The average Bonchev–Trinajstić information content (AvgIpc) is 2.07. The maximum absolute atomic E-state index is 10.5. The Labute approximate surface area is 80.2 Å². The summed E-state index contributed by atoms with van der Waals surface area (Å²) in [5.41, 5.74) is 0.653. The van der Waals surface area contributed by atoms with Gasteiger partial charge >= 0.3 is 12.4 Å². The minimum Gasteiger partial charge on any atom is -0.478 e. The Morgan fingerprint density at radius 2 is 2.07 bits per heavy atom. The average molecular weight is 198 g/mol. The number of carbonyl (C=O) groups is 1. The van der Waals surface area contributed by atoms with Crippen molar-refractivity contribution in [1.29, 1.82) is 0 Å². The van der Waals surface area contributed by atoms with E-state index in [0.717, 1.165) is 0 Å². The molecule has 0 amide bonds. The molecule has 0 heterocycles. The highest BCUT2D eigenvalue weighted by Gasteiger charge is 2.08. The normalized spacial score (nSPS) is 10.3. The molecule has 0 bridgehead atoms. The fourth-order valence-corrected chi connectivity index (χ4v) is 1.03. The van der Waals surface area contributed by atoms with Gasteiger partial charge in [-0.1, -0.05) is 0 Å². The van der Waals surface area contributed by atoms with E-state index in [-0.39, 0.29) is 11.3 Å². The van der Waals surface area contributed by atoms with E-state index in [1.54, 1.807) is 6.92 Å². The second kappa shape index (κ2) is 4.08. The van der Waals surface area contributed by atoms with E-state index in [9.17, 15) is 4.79 Å². The molecule has 0 aliphatic carbocycles. The molecule has 76 valence electrons. The Morgan fingerprint density at radius 1 is 1.43 bits per heavy atom. The van der Waals surface area contributed by atoms with Crippen molar-refractivity contribution in [1.82, 2.24) is 0 Å². The van der Waals surface area contributed by atoms with Crippen molar-refractivity contribution < 1.29 is 24.9 Å². The number of aliphatic hydroxyl groups excluding tert-OH is 1. The number of aliphatic hydroxyl groups is 2. The number of aromatic carboxylic acids is 1. The summed E-state index contributed by atoms with van der Waals surface area (Å²) in [6.45, 7) is -0.283. The molecule has 0 aliphatic heterocycles. The fraction of sp³-hybridized carbons (Fsp3) is 0.222. The molecule has 0 unspecified atom stereocenters. The third-order valence-corrected chi connectivity index (χ3v) is 1.65. The van der Waals surface area contributed by atoms with Crippen molar-refractivity contribution in [2.75, 3.05) is 0 Å². The number of rotatable bonds is 3. The fourth-order valence-electron chi connectivity index (χ4n) is 1.03. The van der Waals surface area contributed by atoms with Crippen LogP contribution in [0.2, 0.25) is 0 Å². The van der Waals surface area contributed by atoms with Crippen LogP contribution in [0.4, 0.5) is 0 Å². The van der Waals surface area contributed by atoms with Gasteiger partial charge in [0.2, 0.25) is 0 Å². The van der Waals surface area contributed by atoms with Gasteiger partial charge in [0, 0.05) is 0 Å². The largest absolute Gasteiger partial charge is 0.478 e. The number of benzene rings is 1. The molecule has 1 aromatic rings. The molecular formula is C9H10O5. The summed E-state index contributed by atoms with van der Waals surface area (Å²) in [5.74, 6) is -0.797. The van der Waals surface area contributed by atoms with Gasteiger partial charge < -0.3 is 20.1 Å². The van der Waals surface area contributed by atoms with Crippen LogP contribution in [0.5, 0.6) is 5.75 Å². The minimum absolute atomic E-state index is 0.127. The SMILES string of the molecule is Cc1cc(C(=O)O)ccc1OC(O)O. The van der Waals surface area contributed by atoms with Crippen LogP contribution < -0.4 is 4.74 Å². The third kappa shape index (κ3) is 2.45. The van der Waals surface area contributed by atoms with Crippen molar-refractivity contribution in [2.45, 2.75) is 13.4 Å². The van der Waals surface area contributed by atoms with E-state index in [1.807, 2.05) is 0 Å². The van der Waals surface area contributed by atoms with Gasteiger partial charge in [0.05, 0.1) is 5.56 Å². The Balaban J connectivity index is 2.95. The first-order chi connectivity index (χ1) is 6.50. The number of carboxylic acids is 1. The van der Waals surface area contributed by atoms with Crippen molar-refractivity contribution in [3.8, 4) is 5.75 Å².